The Labute approximate surface area is 122 Å². The third kappa shape index (κ3) is 2.81. The van der Waals surface area contributed by atoms with Gasteiger partial charge in [0, 0.05) is 17.3 Å². The maximum absolute atomic E-state index is 6.12. The molecule has 0 radical (unpaired) electrons. The van der Waals surface area contributed by atoms with E-state index in [2.05, 4.69) is 15.5 Å². The van der Waals surface area contributed by atoms with E-state index in [4.69, 9.17) is 11.6 Å². The number of nitrogens with zero attached hydrogens (tertiary/aromatic N) is 3. The number of nitrogens with one attached hydrogen (secondary N) is 1. The summed E-state index contributed by atoms with van der Waals surface area (Å²) in [5.41, 5.74) is 3.03. The highest BCUT2D eigenvalue weighted by Crippen LogP contribution is 2.17. The van der Waals surface area contributed by atoms with Crippen LogP contribution in [0.3, 0.4) is 0 Å². The second-order valence-electron chi connectivity index (χ2n) is 4.31. The molecule has 0 atom stereocenters. The molecule has 3 aromatic rings. The van der Waals surface area contributed by atoms with E-state index in [1.54, 1.807) is 17.2 Å². The van der Waals surface area contributed by atoms with Crippen LogP contribution in [0.15, 0.2) is 60.9 Å². The van der Waals surface area contributed by atoms with Crippen molar-refractivity contribution in [1.82, 2.24) is 15.0 Å². The average molecular weight is 285 g/mol. The van der Waals surface area contributed by atoms with Gasteiger partial charge in [0.25, 0.3) is 0 Å². The summed E-state index contributed by atoms with van der Waals surface area (Å²) >= 11 is 6.12. The Kier molecular flexibility index (Phi) is 3.65. The Morgan fingerprint density at radius 2 is 1.65 bits per heavy atom. The van der Waals surface area contributed by atoms with Crippen molar-refractivity contribution in [2.24, 2.45) is 0 Å². The molecule has 0 unspecified atom stereocenters. The number of anilines is 1. The van der Waals surface area contributed by atoms with Gasteiger partial charge in [0.05, 0.1) is 18.1 Å². The molecule has 0 aliphatic rings. The zero-order valence-electron chi connectivity index (χ0n) is 10.7. The fourth-order valence-corrected chi connectivity index (χ4v) is 2.10. The van der Waals surface area contributed by atoms with Gasteiger partial charge in [-0.2, -0.15) is 15.0 Å². The number of aromatic nitrogens is 3. The zero-order chi connectivity index (χ0) is 13.8. The number of hydrogen-bond donors (Lipinski definition) is 1. The summed E-state index contributed by atoms with van der Waals surface area (Å²) in [6.45, 7) is 0.693. The molecule has 0 fully saturated rings. The van der Waals surface area contributed by atoms with Crippen LogP contribution < -0.4 is 5.32 Å². The largest absolute Gasteiger partial charge is 0.381 e. The van der Waals surface area contributed by atoms with E-state index >= 15 is 0 Å². The van der Waals surface area contributed by atoms with Gasteiger partial charge in [0.1, 0.15) is 0 Å². The van der Waals surface area contributed by atoms with Crippen LogP contribution in [-0.4, -0.2) is 15.0 Å². The summed E-state index contributed by atoms with van der Waals surface area (Å²) < 4.78 is 0. The van der Waals surface area contributed by atoms with Gasteiger partial charge in [-0.05, 0) is 35.9 Å². The van der Waals surface area contributed by atoms with Gasteiger partial charge in [-0.25, -0.2) is 0 Å². The molecule has 4 nitrogen and oxygen atoms in total. The normalized spacial score (nSPS) is 10.4. The zero-order valence-corrected chi connectivity index (χ0v) is 11.5. The first-order valence-corrected chi connectivity index (χ1v) is 6.65. The molecule has 1 N–H and O–H groups in total. The first-order chi connectivity index (χ1) is 9.83. The molecule has 0 aliphatic carbocycles. The Balaban J connectivity index is 1.68. The fourth-order valence-electron chi connectivity index (χ4n) is 1.90. The molecule has 0 saturated carbocycles. The van der Waals surface area contributed by atoms with Crippen LogP contribution >= 0.6 is 11.6 Å². The lowest BCUT2D eigenvalue weighted by Gasteiger charge is -2.08. The third-order valence-electron chi connectivity index (χ3n) is 2.96. The minimum absolute atomic E-state index is 0.693. The smallest absolute Gasteiger partial charge is 0.0858 e. The third-order valence-corrected chi connectivity index (χ3v) is 3.33. The maximum atomic E-state index is 6.12. The Morgan fingerprint density at radius 1 is 0.950 bits per heavy atom. The van der Waals surface area contributed by atoms with Gasteiger partial charge in [-0.1, -0.05) is 29.8 Å². The van der Waals surface area contributed by atoms with E-state index in [9.17, 15) is 0 Å². The summed E-state index contributed by atoms with van der Waals surface area (Å²) in [5.74, 6) is 0. The molecule has 0 bridgehead atoms. The van der Waals surface area contributed by atoms with Crippen molar-refractivity contribution in [1.29, 1.82) is 0 Å². The van der Waals surface area contributed by atoms with E-state index < -0.39 is 0 Å². The Hall–Kier alpha value is -2.33. The number of hydrogen-bond acceptors (Lipinski definition) is 3. The standard InChI is InChI=1S/C15H13ClN4/c16-15-4-2-1-3-12(15)11-17-13-5-7-14(8-6-13)20-18-9-10-19-20/h1-10,17H,11H2. The molecule has 100 valence electrons. The van der Waals surface area contributed by atoms with Gasteiger partial charge in [-0.15, -0.1) is 0 Å². The summed E-state index contributed by atoms with van der Waals surface area (Å²) in [6.07, 6.45) is 3.31. The highest BCUT2D eigenvalue weighted by molar-refractivity contribution is 6.31. The van der Waals surface area contributed by atoms with Crippen molar-refractivity contribution >= 4 is 17.3 Å². The van der Waals surface area contributed by atoms with Gasteiger partial charge in [-0.3, -0.25) is 0 Å². The lowest BCUT2D eigenvalue weighted by atomic mass is 10.2. The Morgan fingerprint density at radius 3 is 2.35 bits per heavy atom. The summed E-state index contributed by atoms with van der Waals surface area (Å²) in [7, 11) is 0. The second kappa shape index (κ2) is 5.75. The van der Waals surface area contributed by atoms with Gasteiger partial charge >= 0.3 is 0 Å². The van der Waals surface area contributed by atoms with Crippen LogP contribution in [0.1, 0.15) is 5.56 Å². The monoisotopic (exact) mass is 284 g/mol. The van der Waals surface area contributed by atoms with Crippen LogP contribution in [0.4, 0.5) is 5.69 Å². The molecule has 20 heavy (non-hydrogen) atoms. The number of halogens is 1. The van der Waals surface area contributed by atoms with Crippen LogP contribution in [0.2, 0.25) is 5.02 Å². The predicted octanol–water partition coefficient (Wildman–Crippen LogP) is 3.53. The summed E-state index contributed by atoms with van der Waals surface area (Å²) in [4.78, 5) is 1.58. The molecule has 0 amide bonds. The first-order valence-electron chi connectivity index (χ1n) is 6.27. The van der Waals surface area contributed by atoms with E-state index in [1.165, 1.54) is 0 Å². The fraction of sp³-hybridized carbons (Fsp3) is 0.0667. The molecular formula is C15H13ClN4. The van der Waals surface area contributed by atoms with Crippen molar-refractivity contribution in [3.05, 3.63) is 71.5 Å². The molecule has 5 heteroatoms. The average Bonchev–Trinajstić information content (AvgIpc) is 3.01. The number of rotatable bonds is 4. The van der Waals surface area contributed by atoms with Gasteiger partial charge in [0.15, 0.2) is 0 Å². The van der Waals surface area contributed by atoms with E-state index in [0.29, 0.717) is 6.54 Å². The molecule has 0 saturated heterocycles. The molecule has 0 spiro atoms. The second-order valence-corrected chi connectivity index (χ2v) is 4.72. The maximum Gasteiger partial charge on any atom is 0.0858 e. The summed E-state index contributed by atoms with van der Waals surface area (Å²) in [5, 5.41) is 12.3. The van der Waals surface area contributed by atoms with Gasteiger partial charge < -0.3 is 5.32 Å². The first kappa shape index (κ1) is 12.7. The molecule has 1 aromatic heterocycles. The highest BCUT2D eigenvalue weighted by atomic mass is 35.5. The molecule has 2 aromatic carbocycles. The van der Waals surface area contributed by atoms with Crippen molar-refractivity contribution < 1.29 is 0 Å². The van der Waals surface area contributed by atoms with E-state index in [1.807, 2.05) is 48.5 Å². The van der Waals surface area contributed by atoms with Crippen LogP contribution in [0.25, 0.3) is 5.69 Å². The SMILES string of the molecule is Clc1ccccc1CNc1ccc(-n2nccn2)cc1. The minimum Gasteiger partial charge on any atom is -0.381 e. The van der Waals surface area contributed by atoms with Crippen LogP contribution in [-0.2, 0) is 6.54 Å². The number of benzene rings is 2. The minimum atomic E-state index is 0.693. The predicted molar refractivity (Wildman–Crippen MR) is 80.1 cm³/mol. The van der Waals surface area contributed by atoms with Crippen LogP contribution in [0, 0.1) is 0 Å². The molecule has 3 rings (SSSR count). The molecule has 1 heterocycles. The van der Waals surface area contributed by atoms with Crippen LogP contribution in [0.5, 0.6) is 0 Å². The molecular weight excluding hydrogens is 272 g/mol. The molecule has 0 aliphatic heterocycles. The lowest BCUT2D eigenvalue weighted by Crippen LogP contribution is -2.01. The van der Waals surface area contributed by atoms with Gasteiger partial charge in [0.2, 0.25) is 0 Å². The van der Waals surface area contributed by atoms with Crippen molar-refractivity contribution in [2.45, 2.75) is 6.54 Å². The quantitative estimate of drug-likeness (QED) is 0.797. The van der Waals surface area contributed by atoms with Crippen molar-refractivity contribution in [2.75, 3.05) is 5.32 Å². The topological polar surface area (TPSA) is 42.7 Å². The van der Waals surface area contributed by atoms with Crippen molar-refractivity contribution in [3.8, 4) is 5.69 Å². The highest BCUT2D eigenvalue weighted by Gasteiger charge is 2.00. The van der Waals surface area contributed by atoms with E-state index in [-0.39, 0.29) is 0 Å². The Bertz CT molecular complexity index is 677. The summed E-state index contributed by atoms with van der Waals surface area (Å²) in [6, 6.07) is 15.7. The van der Waals surface area contributed by atoms with Crippen molar-refractivity contribution in [3.63, 3.8) is 0 Å². The lowest BCUT2D eigenvalue weighted by molar-refractivity contribution is 0.752. The van der Waals surface area contributed by atoms with E-state index in [0.717, 1.165) is 22.0 Å².